The van der Waals surface area contributed by atoms with Gasteiger partial charge in [0.25, 0.3) is 10.0 Å². The van der Waals surface area contributed by atoms with Crippen LogP contribution in [0.2, 0.25) is 0 Å². The molecular formula is C26H30N2O6S. The van der Waals surface area contributed by atoms with Gasteiger partial charge in [0.15, 0.2) is 0 Å². The molecule has 0 bridgehead atoms. The first-order chi connectivity index (χ1) is 16.8. The minimum atomic E-state index is -4.08. The van der Waals surface area contributed by atoms with E-state index in [4.69, 9.17) is 14.2 Å². The molecule has 0 fully saturated rings. The number of aryl methyl sites for hydroxylation is 2. The number of methoxy groups -OCH3 is 2. The SMILES string of the molecule is COc1ccc(S(=O)(=O)N(CC(=O)NCCOc2ccc(C)c(C)c2)c2ccccc2OC)cc1. The molecule has 1 amide bonds. The van der Waals surface area contributed by atoms with E-state index < -0.39 is 22.5 Å². The van der Waals surface area contributed by atoms with Crippen LogP contribution in [0.15, 0.2) is 71.6 Å². The number of nitrogens with zero attached hydrogens (tertiary/aromatic N) is 1. The molecule has 3 rings (SSSR count). The molecule has 35 heavy (non-hydrogen) atoms. The number of nitrogens with one attached hydrogen (secondary N) is 1. The number of anilines is 1. The smallest absolute Gasteiger partial charge is 0.264 e. The van der Waals surface area contributed by atoms with Crippen molar-refractivity contribution in [3.8, 4) is 17.2 Å². The topological polar surface area (TPSA) is 94.2 Å². The molecule has 0 aliphatic carbocycles. The number of carbonyl (C=O) groups excluding carboxylic acids is 1. The summed E-state index contributed by atoms with van der Waals surface area (Å²) in [6.45, 7) is 4.05. The van der Waals surface area contributed by atoms with Crippen LogP contribution in [-0.4, -0.2) is 48.2 Å². The van der Waals surface area contributed by atoms with Crippen LogP contribution >= 0.6 is 0 Å². The number of benzene rings is 3. The molecule has 0 atom stereocenters. The molecule has 0 aliphatic rings. The Kier molecular flexibility index (Phi) is 8.59. The second-order valence-corrected chi connectivity index (χ2v) is 9.67. The molecule has 0 radical (unpaired) electrons. The van der Waals surface area contributed by atoms with E-state index >= 15 is 0 Å². The van der Waals surface area contributed by atoms with E-state index in [1.165, 1.54) is 31.9 Å². The van der Waals surface area contributed by atoms with E-state index in [1.54, 1.807) is 36.4 Å². The lowest BCUT2D eigenvalue weighted by Gasteiger charge is -2.25. The molecule has 0 saturated heterocycles. The molecule has 186 valence electrons. The predicted octanol–water partition coefficient (Wildman–Crippen LogP) is 3.71. The summed E-state index contributed by atoms with van der Waals surface area (Å²) in [4.78, 5) is 12.8. The second-order valence-electron chi connectivity index (χ2n) is 7.80. The van der Waals surface area contributed by atoms with Crippen molar-refractivity contribution in [3.63, 3.8) is 0 Å². The Morgan fingerprint density at radius 2 is 1.57 bits per heavy atom. The summed E-state index contributed by atoms with van der Waals surface area (Å²) in [6.07, 6.45) is 0. The predicted molar refractivity (Wildman–Crippen MR) is 135 cm³/mol. The Morgan fingerprint density at radius 3 is 2.23 bits per heavy atom. The van der Waals surface area contributed by atoms with Crippen LogP contribution in [0.25, 0.3) is 0 Å². The van der Waals surface area contributed by atoms with Crippen LogP contribution in [0.5, 0.6) is 17.2 Å². The van der Waals surface area contributed by atoms with E-state index in [-0.39, 0.29) is 23.7 Å². The summed E-state index contributed by atoms with van der Waals surface area (Å²) in [5, 5.41) is 2.73. The fourth-order valence-corrected chi connectivity index (χ4v) is 4.79. The maximum Gasteiger partial charge on any atom is 0.264 e. The number of sulfonamides is 1. The van der Waals surface area contributed by atoms with Gasteiger partial charge in [-0.2, -0.15) is 0 Å². The summed E-state index contributed by atoms with van der Waals surface area (Å²) < 4.78 is 44.3. The summed E-state index contributed by atoms with van der Waals surface area (Å²) >= 11 is 0. The molecule has 3 aromatic rings. The number of hydrogen-bond acceptors (Lipinski definition) is 6. The zero-order valence-electron chi connectivity index (χ0n) is 20.3. The fourth-order valence-electron chi connectivity index (χ4n) is 3.36. The number of rotatable bonds is 11. The van der Waals surface area contributed by atoms with Gasteiger partial charge in [-0.3, -0.25) is 9.10 Å². The summed E-state index contributed by atoms with van der Waals surface area (Å²) in [7, 11) is -1.14. The summed E-state index contributed by atoms with van der Waals surface area (Å²) in [5.74, 6) is 1.08. The van der Waals surface area contributed by atoms with Gasteiger partial charge in [0.05, 0.1) is 31.3 Å². The Bertz CT molecular complexity index is 1260. The van der Waals surface area contributed by atoms with E-state index in [1.807, 2.05) is 32.0 Å². The average Bonchev–Trinajstić information content (AvgIpc) is 2.87. The van der Waals surface area contributed by atoms with Crippen LogP contribution in [0.4, 0.5) is 5.69 Å². The van der Waals surface area contributed by atoms with Crippen molar-refractivity contribution in [1.82, 2.24) is 5.32 Å². The van der Waals surface area contributed by atoms with Gasteiger partial charge in [-0.15, -0.1) is 0 Å². The number of ether oxygens (including phenoxy) is 3. The van der Waals surface area contributed by atoms with Crippen molar-refractivity contribution in [2.45, 2.75) is 18.7 Å². The largest absolute Gasteiger partial charge is 0.497 e. The molecule has 0 spiro atoms. The standard InChI is InChI=1S/C26H30N2O6S/c1-19-9-10-22(17-20(19)2)34-16-15-27-26(29)18-28(24-7-5-6-8-25(24)33-4)35(30,31)23-13-11-21(32-3)12-14-23/h5-14,17H,15-16,18H2,1-4H3,(H,27,29). The number of para-hydroxylation sites is 2. The Hall–Kier alpha value is -3.72. The molecule has 9 heteroatoms. The highest BCUT2D eigenvalue weighted by Crippen LogP contribution is 2.32. The van der Waals surface area contributed by atoms with Gasteiger partial charge in [0.2, 0.25) is 5.91 Å². The van der Waals surface area contributed by atoms with Gasteiger partial charge >= 0.3 is 0 Å². The molecule has 0 aromatic heterocycles. The zero-order chi connectivity index (χ0) is 25.4. The van der Waals surface area contributed by atoms with Crippen molar-refractivity contribution >= 4 is 21.6 Å². The van der Waals surface area contributed by atoms with Crippen LogP contribution in [0, 0.1) is 13.8 Å². The highest BCUT2D eigenvalue weighted by atomic mass is 32.2. The van der Waals surface area contributed by atoms with E-state index in [2.05, 4.69) is 5.32 Å². The lowest BCUT2D eigenvalue weighted by molar-refractivity contribution is -0.119. The monoisotopic (exact) mass is 498 g/mol. The quantitative estimate of drug-likeness (QED) is 0.405. The normalized spacial score (nSPS) is 11.0. The minimum Gasteiger partial charge on any atom is -0.497 e. The van der Waals surface area contributed by atoms with Crippen LogP contribution < -0.4 is 23.8 Å². The van der Waals surface area contributed by atoms with Gasteiger partial charge < -0.3 is 19.5 Å². The van der Waals surface area contributed by atoms with Gasteiger partial charge in [0.1, 0.15) is 30.4 Å². The Balaban J connectivity index is 1.75. The highest BCUT2D eigenvalue weighted by Gasteiger charge is 2.29. The first kappa shape index (κ1) is 25.9. The summed E-state index contributed by atoms with van der Waals surface area (Å²) in [5.41, 5.74) is 2.54. The molecular weight excluding hydrogens is 468 g/mol. The Morgan fingerprint density at radius 1 is 0.886 bits per heavy atom. The van der Waals surface area contributed by atoms with Gasteiger partial charge in [0, 0.05) is 0 Å². The maximum absolute atomic E-state index is 13.5. The van der Waals surface area contributed by atoms with Crippen molar-refractivity contribution in [2.24, 2.45) is 0 Å². The number of hydrogen-bond donors (Lipinski definition) is 1. The first-order valence-corrected chi connectivity index (χ1v) is 12.5. The van der Waals surface area contributed by atoms with Gasteiger partial charge in [-0.1, -0.05) is 18.2 Å². The molecule has 0 heterocycles. The molecule has 1 N–H and O–H groups in total. The molecule has 0 aliphatic heterocycles. The van der Waals surface area contributed by atoms with Crippen molar-refractivity contribution in [3.05, 3.63) is 77.9 Å². The van der Waals surface area contributed by atoms with E-state index in [9.17, 15) is 13.2 Å². The fraction of sp³-hybridized carbons (Fsp3) is 0.269. The molecule has 0 saturated carbocycles. The average molecular weight is 499 g/mol. The number of carbonyl (C=O) groups is 1. The first-order valence-electron chi connectivity index (χ1n) is 11.0. The lowest BCUT2D eigenvalue weighted by atomic mass is 10.1. The van der Waals surface area contributed by atoms with Crippen LogP contribution in [0.1, 0.15) is 11.1 Å². The third-order valence-corrected chi connectivity index (χ3v) is 7.23. The Labute approximate surface area is 206 Å². The van der Waals surface area contributed by atoms with Crippen LogP contribution in [-0.2, 0) is 14.8 Å². The van der Waals surface area contributed by atoms with Gasteiger partial charge in [-0.05, 0) is 73.5 Å². The molecule has 0 unspecified atom stereocenters. The van der Waals surface area contributed by atoms with Gasteiger partial charge in [-0.25, -0.2) is 8.42 Å². The third kappa shape index (κ3) is 6.45. The molecule has 3 aromatic carbocycles. The maximum atomic E-state index is 13.5. The highest BCUT2D eigenvalue weighted by molar-refractivity contribution is 7.92. The van der Waals surface area contributed by atoms with E-state index in [0.717, 1.165) is 9.87 Å². The number of amides is 1. The van der Waals surface area contributed by atoms with Crippen molar-refractivity contribution < 1.29 is 27.4 Å². The van der Waals surface area contributed by atoms with Crippen LogP contribution in [0.3, 0.4) is 0 Å². The van der Waals surface area contributed by atoms with E-state index in [0.29, 0.717) is 17.2 Å². The summed E-state index contributed by atoms with van der Waals surface area (Å²) in [6, 6.07) is 18.4. The minimum absolute atomic E-state index is 0.0232. The zero-order valence-corrected chi connectivity index (χ0v) is 21.1. The molecule has 8 nitrogen and oxygen atoms in total. The van der Waals surface area contributed by atoms with Crippen molar-refractivity contribution in [1.29, 1.82) is 0 Å². The van der Waals surface area contributed by atoms with Crippen molar-refractivity contribution in [2.75, 3.05) is 38.2 Å². The third-order valence-electron chi connectivity index (χ3n) is 5.46. The second kappa shape index (κ2) is 11.6. The lowest BCUT2D eigenvalue weighted by Crippen LogP contribution is -2.42.